The van der Waals surface area contributed by atoms with Crippen molar-refractivity contribution in [2.45, 2.75) is 33.0 Å². The zero-order valence-corrected chi connectivity index (χ0v) is 14.8. The maximum absolute atomic E-state index is 12.5. The lowest BCUT2D eigenvalue weighted by atomic mass is 10.2. The number of carbonyl (C=O) groups is 1. The molecule has 0 saturated carbocycles. The smallest absolute Gasteiger partial charge is 0.237 e. The number of amides is 1. The second-order valence-electron chi connectivity index (χ2n) is 6.51. The predicted octanol–water partition coefficient (Wildman–Crippen LogP) is 1.31. The van der Waals surface area contributed by atoms with Gasteiger partial charge in [-0.25, -0.2) is 0 Å². The lowest BCUT2D eigenvalue weighted by Gasteiger charge is -2.35. The Morgan fingerprint density at radius 2 is 1.96 bits per heavy atom. The fourth-order valence-corrected chi connectivity index (χ4v) is 3.26. The van der Waals surface area contributed by atoms with Crippen molar-refractivity contribution in [2.24, 2.45) is 0 Å². The molecule has 3 rings (SSSR count). The molecule has 130 valence electrons. The molecule has 6 nitrogen and oxygen atoms in total. The first kappa shape index (κ1) is 16.9. The van der Waals surface area contributed by atoms with Crippen molar-refractivity contribution in [3.05, 3.63) is 30.0 Å². The van der Waals surface area contributed by atoms with Crippen molar-refractivity contribution in [1.82, 2.24) is 24.9 Å². The molecule has 0 spiro atoms. The topological polar surface area (TPSA) is 53.4 Å². The predicted molar refractivity (Wildman–Crippen MR) is 95.8 cm³/mol. The Labute approximate surface area is 143 Å². The number of aryl methyl sites for hydroxylation is 1. The van der Waals surface area contributed by atoms with Gasteiger partial charge in [0.15, 0.2) is 0 Å². The lowest BCUT2D eigenvalue weighted by Crippen LogP contribution is -2.52. The molecule has 1 aromatic carbocycles. The molecule has 0 aliphatic carbocycles. The Kier molecular flexibility index (Phi) is 5.16. The van der Waals surface area contributed by atoms with Gasteiger partial charge in [-0.3, -0.25) is 14.4 Å². The molecule has 1 N–H and O–H groups in total. The third-order valence-electron chi connectivity index (χ3n) is 4.93. The van der Waals surface area contributed by atoms with E-state index in [-0.39, 0.29) is 11.9 Å². The zero-order valence-electron chi connectivity index (χ0n) is 14.8. The van der Waals surface area contributed by atoms with E-state index in [9.17, 15) is 4.79 Å². The minimum Gasteiger partial charge on any atom is -0.349 e. The van der Waals surface area contributed by atoms with Gasteiger partial charge in [0.2, 0.25) is 5.91 Å². The second kappa shape index (κ2) is 7.32. The van der Waals surface area contributed by atoms with Crippen LogP contribution in [0.2, 0.25) is 0 Å². The molecule has 1 fully saturated rings. The van der Waals surface area contributed by atoms with Gasteiger partial charge in [-0.1, -0.05) is 18.2 Å². The van der Waals surface area contributed by atoms with Gasteiger partial charge in [-0.15, -0.1) is 0 Å². The molecule has 1 aromatic heterocycles. The van der Waals surface area contributed by atoms with Crippen LogP contribution in [0, 0.1) is 0 Å². The van der Waals surface area contributed by atoms with Crippen LogP contribution >= 0.6 is 0 Å². The number of benzene rings is 1. The Hall–Kier alpha value is -1.92. The van der Waals surface area contributed by atoms with Crippen LogP contribution in [0.15, 0.2) is 24.3 Å². The Bertz CT molecular complexity index is 702. The molecule has 2 heterocycles. The minimum absolute atomic E-state index is 0.0784. The van der Waals surface area contributed by atoms with Crippen LogP contribution in [0.25, 0.3) is 10.9 Å². The summed E-state index contributed by atoms with van der Waals surface area (Å²) in [5.41, 5.74) is 2.06. The van der Waals surface area contributed by atoms with E-state index >= 15 is 0 Å². The summed E-state index contributed by atoms with van der Waals surface area (Å²) in [6, 6.07) is 8.08. The van der Waals surface area contributed by atoms with E-state index in [1.807, 2.05) is 23.7 Å². The highest BCUT2D eigenvalue weighted by Gasteiger charge is 2.24. The average Bonchev–Trinajstić information content (AvgIpc) is 2.98. The molecule has 1 aliphatic rings. The fraction of sp³-hybridized carbons (Fsp3) is 0.556. The van der Waals surface area contributed by atoms with Gasteiger partial charge >= 0.3 is 0 Å². The van der Waals surface area contributed by atoms with Crippen molar-refractivity contribution < 1.29 is 4.79 Å². The van der Waals surface area contributed by atoms with E-state index in [1.165, 1.54) is 0 Å². The average molecular weight is 329 g/mol. The van der Waals surface area contributed by atoms with Gasteiger partial charge < -0.3 is 10.2 Å². The van der Waals surface area contributed by atoms with Gasteiger partial charge in [-0.2, -0.15) is 5.10 Å². The number of carbonyl (C=O) groups excluding carboxylic acids is 1. The van der Waals surface area contributed by atoms with Crippen LogP contribution < -0.4 is 5.32 Å². The number of para-hydroxylation sites is 1. The van der Waals surface area contributed by atoms with Gasteiger partial charge in [0.1, 0.15) is 0 Å². The molecule has 0 bridgehead atoms. The van der Waals surface area contributed by atoms with E-state index in [1.54, 1.807) is 0 Å². The molecule has 1 amide bonds. The molecule has 2 aromatic rings. The van der Waals surface area contributed by atoms with Crippen LogP contribution in [-0.4, -0.2) is 64.8 Å². The van der Waals surface area contributed by atoms with E-state index in [0.717, 1.165) is 49.3 Å². The fourth-order valence-electron chi connectivity index (χ4n) is 3.26. The first-order valence-electron chi connectivity index (χ1n) is 8.75. The Balaban J connectivity index is 1.64. The summed E-state index contributed by atoms with van der Waals surface area (Å²) in [6.07, 6.45) is 0. The largest absolute Gasteiger partial charge is 0.349 e. The van der Waals surface area contributed by atoms with Gasteiger partial charge in [0, 0.05) is 38.1 Å². The highest BCUT2D eigenvalue weighted by atomic mass is 16.2. The third kappa shape index (κ3) is 3.44. The number of aromatic nitrogens is 2. The summed E-state index contributed by atoms with van der Waals surface area (Å²) >= 11 is 0. The van der Waals surface area contributed by atoms with Gasteiger partial charge in [-0.05, 0) is 27.0 Å². The highest BCUT2D eigenvalue weighted by molar-refractivity contribution is 5.84. The third-order valence-corrected chi connectivity index (χ3v) is 4.93. The van der Waals surface area contributed by atoms with Gasteiger partial charge in [0.25, 0.3) is 0 Å². The van der Waals surface area contributed by atoms with Crippen molar-refractivity contribution in [3.63, 3.8) is 0 Å². The van der Waals surface area contributed by atoms with E-state index < -0.39 is 0 Å². The number of piperazine rings is 1. The van der Waals surface area contributed by atoms with Crippen molar-refractivity contribution in [2.75, 3.05) is 33.2 Å². The van der Waals surface area contributed by atoms with Crippen molar-refractivity contribution in [3.8, 4) is 0 Å². The lowest BCUT2D eigenvalue weighted by molar-refractivity contribution is -0.126. The van der Waals surface area contributed by atoms with Gasteiger partial charge in [0.05, 0.1) is 23.8 Å². The maximum atomic E-state index is 12.5. The second-order valence-corrected chi connectivity index (χ2v) is 6.51. The summed E-state index contributed by atoms with van der Waals surface area (Å²) in [7, 11) is 2.12. The maximum Gasteiger partial charge on any atom is 0.237 e. The molecular formula is C18H27N5O. The molecule has 1 atom stereocenters. The van der Waals surface area contributed by atoms with Crippen LogP contribution in [0.3, 0.4) is 0 Å². The summed E-state index contributed by atoms with van der Waals surface area (Å²) in [6.45, 7) is 9.29. The molecule has 1 aliphatic heterocycles. The summed E-state index contributed by atoms with van der Waals surface area (Å²) in [5, 5.41) is 8.83. The van der Waals surface area contributed by atoms with E-state index in [4.69, 9.17) is 0 Å². The monoisotopic (exact) mass is 329 g/mol. The van der Waals surface area contributed by atoms with Crippen LogP contribution in [0.4, 0.5) is 0 Å². The number of nitrogens with zero attached hydrogens (tertiary/aromatic N) is 4. The van der Waals surface area contributed by atoms with Crippen LogP contribution in [-0.2, 0) is 17.9 Å². The van der Waals surface area contributed by atoms with E-state index in [2.05, 4.69) is 46.3 Å². The Morgan fingerprint density at radius 3 is 2.67 bits per heavy atom. The number of hydrogen-bond donors (Lipinski definition) is 1. The first-order chi connectivity index (χ1) is 11.6. The number of hydrogen-bond acceptors (Lipinski definition) is 4. The molecule has 24 heavy (non-hydrogen) atoms. The molecular weight excluding hydrogens is 302 g/mol. The van der Waals surface area contributed by atoms with Crippen LogP contribution in [0.5, 0.6) is 0 Å². The molecule has 6 heteroatoms. The van der Waals surface area contributed by atoms with Crippen molar-refractivity contribution in [1.29, 1.82) is 0 Å². The minimum atomic E-state index is -0.0989. The van der Waals surface area contributed by atoms with Crippen molar-refractivity contribution >= 4 is 16.8 Å². The molecule has 0 radical (unpaired) electrons. The number of likely N-dealkylation sites (N-methyl/N-ethyl adjacent to an activating group) is 1. The SMILES string of the molecule is CCn1nc(CNC(=O)C(C)N2CCN(C)CC2)c2ccccc21. The summed E-state index contributed by atoms with van der Waals surface area (Å²) in [5.74, 6) is 0.0784. The zero-order chi connectivity index (χ0) is 17.1. The first-order valence-corrected chi connectivity index (χ1v) is 8.75. The number of fused-ring (bicyclic) bond motifs is 1. The normalized spacial score (nSPS) is 18.0. The Morgan fingerprint density at radius 1 is 1.25 bits per heavy atom. The standard InChI is InChI=1S/C18H27N5O/c1-4-23-17-8-6-5-7-15(17)16(20-23)13-19-18(24)14(2)22-11-9-21(3)10-12-22/h5-8,14H,4,9-13H2,1-3H3,(H,19,24). The number of nitrogens with one attached hydrogen (secondary N) is 1. The highest BCUT2D eigenvalue weighted by Crippen LogP contribution is 2.18. The van der Waals surface area contributed by atoms with E-state index in [0.29, 0.717) is 6.54 Å². The summed E-state index contributed by atoms with van der Waals surface area (Å²) < 4.78 is 1.99. The van der Waals surface area contributed by atoms with Crippen LogP contribution in [0.1, 0.15) is 19.5 Å². The summed E-state index contributed by atoms with van der Waals surface area (Å²) in [4.78, 5) is 17.1. The quantitative estimate of drug-likeness (QED) is 0.899. The molecule has 1 saturated heterocycles. The number of rotatable bonds is 5. The molecule has 1 unspecified atom stereocenters.